The van der Waals surface area contributed by atoms with Gasteiger partial charge in [0.05, 0.1) is 11.6 Å². The second kappa shape index (κ2) is 7.71. The first kappa shape index (κ1) is 17.1. The highest BCUT2D eigenvalue weighted by Crippen LogP contribution is 2.26. The van der Waals surface area contributed by atoms with Crippen LogP contribution in [0.1, 0.15) is 18.9 Å². The molecule has 0 aromatic heterocycles. The minimum Gasteiger partial charge on any atom is -0.490 e. The lowest BCUT2D eigenvalue weighted by atomic mass is 10.0. The first-order chi connectivity index (χ1) is 9.31. The van der Waals surface area contributed by atoms with Crippen molar-refractivity contribution in [3.8, 4) is 5.75 Å². The molecule has 0 saturated carbocycles. The second-order valence-corrected chi connectivity index (χ2v) is 4.69. The van der Waals surface area contributed by atoms with Crippen LogP contribution in [0.2, 0.25) is 5.02 Å². The fourth-order valence-electron chi connectivity index (χ4n) is 1.54. The third kappa shape index (κ3) is 6.45. The van der Waals surface area contributed by atoms with E-state index in [1.54, 1.807) is 18.2 Å². The molecule has 3 nitrogen and oxygen atoms in total. The lowest BCUT2D eigenvalue weighted by Gasteiger charge is -2.12. The Balaban J connectivity index is 2.47. The van der Waals surface area contributed by atoms with Crippen molar-refractivity contribution < 1.29 is 22.6 Å². The maximum atomic E-state index is 11.8. The summed E-state index contributed by atoms with van der Waals surface area (Å²) in [6.07, 6.45) is -3.11. The number of hydrogen-bond acceptors (Lipinski definition) is 3. The molecule has 0 radical (unpaired) electrons. The molecule has 20 heavy (non-hydrogen) atoms. The molecule has 114 valence electrons. The summed E-state index contributed by atoms with van der Waals surface area (Å²) in [7, 11) is 0. The minimum atomic E-state index is -4.65. The minimum absolute atomic E-state index is 0.0537. The Morgan fingerprint density at radius 3 is 2.55 bits per heavy atom. The molecule has 2 N–H and O–H groups in total. The van der Waals surface area contributed by atoms with Crippen LogP contribution in [0.4, 0.5) is 13.2 Å². The van der Waals surface area contributed by atoms with Crippen LogP contribution in [0, 0.1) is 0 Å². The molecule has 1 aromatic rings. The smallest absolute Gasteiger partial charge is 0.490 e. The predicted octanol–water partition coefficient (Wildman–Crippen LogP) is 3.54. The quantitative estimate of drug-likeness (QED) is 0.783. The zero-order chi connectivity index (χ0) is 15.2. The lowest BCUT2D eigenvalue weighted by Crippen LogP contribution is -2.21. The van der Waals surface area contributed by atoms with Gasteiger partial charge in [-0.1, -0.05) is 24.6 Å². The van der Waals surface area contributed by atoms with Gasteiger partial charge >= 0.3 is 6.36 Å². The van der Waals surface area contributed by atoms with Gasteiger partial charge in [0.2, 0.25) is 0 Å². The van der Waals surface area contributed by atoms with E-state index in [2.05, 4.69) is 4.74 Å². The summed E-state index contributed by atoms with van der Waals surface area (Å²) in [6.45, 7) is 1.18. The van der Waals surface area contributed by atoms with Crippen LogP contribution in [0.5, 0.6) is 5.75 Å². The molecule has 1 atom stereocenters. The number of nitrogens with two attached hydrogens (primary N) is 1. The standard InChI is InChI=1S/C13H17ClF3NO2/c1-2-10(18)7-9-3-4-12(11(14)8-9)19-5-6-20-13(15,16)17/h3-4,8,10H,2,5-7,18H2,1H3. The summed E-state index contributed by atoms with van der Waals surface area (Å²) in [5.41, 5.74) is 6.80. The van der Waals surface area contributed by atoms with Crippen LogP contribution < -0.4 is 10.5 Å². The molecule has 1 unspecified atom stereocenters. The van der Waals surface area contributed by atoms with Crippen molar-refractivity contribution in [2.24, 2.45) is 5.73 Å². The van der Waals surface area contributed by atoms with Crippen molar-refractivity contribution in [2.45, 2.75) is 32.2 Å². The van der Waals surface area contributed by atoms with E-state index in [0.29, 0.717) is 17.2 Å². The average molecular weight is 312 g/mol. The molecule has 1 rings (SSSR count). The Kier molecular flexibility index (Phi) is 6.58. The Bertz CT molecular complexity index is 427. The van der Waals surface area contributed by atoms with Crippen molar-refractivity contribution in [1.82, 2.24) is 0 Å². The van der Waals surface area contributed by atoms with Gasteiger partial charge < -0.3 is 10.5 Å². The van der Waals surface area contributed by atoms with Crippen molar-refractivity contribution in [3.05, 3.63) is 28.8 Å². The summed E-state index contributed by atoms with van der Waals surface area (Å²) >= 11 is 6.00. The fraction of sp³-hybridized carbons (Fsp3) is 0.538. The van der Waals surface area contributed by atoms with Crippen molar-refractivity contribution in [3.63, 3.8) is 0 Å². The predicted molar refractivity (Wildman–Crippen MR) is 70.9 cm³/mol. The molecule has 1 aromatic carbocycles. The fourth-order valence-corrected chi connectivity index (χ4v) is 1.80. The molecule has 0 saturated heterocycles. The van der Waals surface area contributed by atoms with Crippen LogP contribution >= 0.6 is 11.6 Å². The molecular weight excluding hydrogens is 295 g/mol. The number of rotatable bonds is 7. The number of hydrogen-bond donors (Lipinski definition) is 1. The first-order valence-corrected chi connectivity index (χ1v) is 6.57. The van der Waals surface area contributed by atoms with Gasteiger partial charge in [0, 0.05) is 6.04 Å². The lowest BCUT2D eigenvalue weighted by molar-refractivity contribution is -0.325. The summed E-state index contributed by atoms with van der Waals surface area (Å²) in [4.78, 5) is 0. The van der Waals surface area contributed by atoms with Crippen LogP contribution in [0.3, 0.4) is 0 Å². The molecule has 0 heterocycles. The maximum Gasteiger partial charge on any atom is 0.522 e. The first-order valence-electron chi connectivity index (χ1n) is 6.19. The third-order valence-electron chi connectivity index (χ3n) is 2.63. The zero-order valence-corrected chi connectivity index (χ0v) is 11.8. The van der Waals surface area contributed by atoms with Gasteiger partial charge in [0.25, 0.3) is 0 Å². The molecule has 0 spiro atoms. The Morgan fingerprint density at radius 2 is 2.00 bits per heavy atom. The van der Waals surface area contributed by atoms with Gasteiger partial charge in [0.15, 0.2) is 0 Å². The van der Waals surface area contributed by atoms with Crippen molar-refractivity contribution in [1.29, 1.82) is 0 Å². The summed E-state index contributed by atoms with van der Waals surface area (Å²) < 4.78 is 44.0. The third-order valence-corrected chi connectivity index (χ3v) is 2.92. The van der Waals surface area contributed by atoms with Crippen LogP contribution in [-0.2, 0) is 11.2 Å². The van der Waals surface area contributed by atoms with E-state index in [4.69, 9.17) is 22.1 Å². The van der Waals surface area contributed by atoms with E-state index in [1.807, 2.05) is 6.92 Å². The van der Waals surface area contributed by atoms with Crippen LogP contribution in [0.25, 0.3) is 0 Å². The molecule has 0 aliphatic carbocycles. The molecule has 7 heteroatoms. The molecule has 0 bridgehead atoms. The Hall–Kier alpha value is -0.980. The van der Waals surface area contributed by atoms with Gasteiger partial charge in [-0.05, 0) is 30.5 Å². The molecular formula is C13H17ClF3NO2. The van der Waals surface area contributed by atoms with Gasteiger partial charge in [0.1, 0.15) is 12.4 Å². The molecule has 0 fully saturated rings. The number of benzene rings is 1. The van der Waals surface area contributed by atoms with E-state index in [0.717, 1.165) is 12.0 Å². The van der Waals surface area contributed by atoms with Gasteiger partial charge in [-0.25, -0.2) is 0 Å². The number of ether oxygens (including phenoxy) is 2. The highest BCUT2D eigenvalue weighted by molar-refractivity contribution is 6.32. The van der Waals surface area contributed by atoms with E-state index in [9.17, 15) is 13.2 Å². The van der Waals surface area contributed by atoms with Gasteiger partial charge in [-0.15, -0.1) is 13.2 Å². The topological polar surface area (TPSA) is 44.5 Å². The van der Waals surface area contributed by atoms with Crippen molar-refractivity contribution in [2.75, 3.05) is 13.2 Å². The average Bonchev–Trinajstić information content (AvgIpc) is 2.35. The van der Waals surface area contributed by atoms with Crippen molar-refractivity contribution >= 4 is 11.6 Å². The van der Waals surface area contributed by atoms with Crippen LogP contribution in [0.15, 0.2) is 18.2 Å². The SMILES string of the molecule is CCC(N)Cc1ccc(OCCOC(F)(F)F)c(Cl)c1. The highest BCUT2D eigenvalue weighted by atomic mass is 35.5. The number of alkyl halides is 3. The molecule has 0 amide bonds. The van der Waals surface area contributed by atoms with Gasteiger partial charge in [-0.3, -0.25) is 4.74 Å². The van der Waals surface area contributed by atoms with E-state index in [-0.39, 0.29) is 12.6 Å². The summed E-state index contributed by atoms with van der Waals surface area (Å²) in [5.74, 6) is 0.325. The van der Waals surface area contributed by atoms with Crippen LogP contribution in [-0.4, -0.2) is 25.6 Å². The Morgan fingerprint density at radius 1 is 1.30 bits per heavy atom. The Labute approximate surface area is 120 Å². The van der Waals surface area contributed by atoms with E-state index < -0.39 is 13.0 Å². The largest absolute Gasteiger partial charge is 0.522 e. The summed E-state index contributed by atoms with van der Waals surface area (Å²) in [6, 6.07) is 5.17. The zero-order valence-electron chi connectivity index (χ0n) is 11.0. The van der Waals surface area contributed by atoms with Gasteiger partial charge in [-0.2, -0.15) is 0 Å². The number of halogens is 4. The highest BCUT2D eigenvalue weighted by Gasteiger charge is 2.28. The molecule has 0 aliphatic heterocycles. The summed E-state index contributed by atoms with van der Waals surface area (Å²) in [5, 5.41) is 0.345. The molecule has 0 aliphatic rings. The maximum absolute atomic E-state index is 11.8. The monoisotopic (exact) mass is 311 g/mol. The second-order valence-electron chi connectivity index (χ2n) is 4.28. The van der Waals surface area contributed by atoms with E-state index >= 15 is 0 Å². The normalized spacial score (nSPS) is 13.3. The van der Waals surface area contributed by atoms with E-state index in [1.165, 1.54) is 0 Å².